The van der Waals surface area contributed by atoms with Crippen molar-refractivity contribution in [2.75, 3.05) is 6.66 Å². The van der Waals surface area contributed by atoms with Crippen LogP contribution >= 0.6 is 7.26 Å². The zero-order valence-corrected chi connectivity index (χ0v) is 20.0. The molecule has 27 heavy (non-hydrogen) atoms. The fourth-order valence-corrected chi connectivity index (χ4v) is 5.83. The molecule has 0 amide bonds. The fourth-order valence-electron chi connectivity index (χ4n) is 2.63. The zero-order chi connectivity index (χ0) is 19.0. The molecule has 0 aliphatic carbocycles. The summed E-state index contributed by atoms with van der Waals surface area (Å²) >= 11 is 0. The van der Waals surface area contributed by atoms with Gasteiger partial charge < -0.3 is 17.0 Å². The van der Waals surface area contributed by atoms with Crippen LogP contribution in [0.2, 0.25) is 19.6 Å². The van der Waals surface area contributed by atoms with E-state index < -0.39 is 15.3 Å². The van der Waals surface area contributed by atoms with Gasteiger partial charge in [-0.2, -0.15) is 0 Å². The van der Waals surface area contributed by atoms with Crippen molar-refractivity contribution in [2.24, 2.45) is 0 Å². The van der Waals surface area contributed by atoms with Crippen molar-refractivity contribution >= 4 is 31.2 Å². The molecule has 3 aromatic carbocycles. The van der Waals surface area contributed by atoms with E-state index >= 15 is 0 Å². The van der Waals surface area contributed by atoms with E-state index in [2.05, 4.69) is 123 Å². The summed E-state index contributed by atoms with van der Waals surface area (Å²) in [6.07, 6.45) is 5.12. The minimum Gasteiger partial charge on any atom is -1.00 e. The molecule has 0 unspecified atom stereocenters. The topological polar surface area (TPSA) is 0 Å². The summed E-state index contributed by atoms with van der Waals surface area (Å²) in [5.74, 6) is 0. The average Bonchev–Trinajstić information content (AvgIpc) is 2.69. The normalized spacial score (nSPS) is 10.6. The molecule has 0 aliphatic rings. The Morgan fingerprint density at radius 1 is 0.630 bits per heavy atom. The summed E-state index contributed by atoms with van der Waals surface area (Å²) in [7, 11) is -2.63. The van der Waals surface area contributed by atoms with Gasteiger partial charge in [0.1, 0.15) is 31.2 Å². The smallest absolute Gasteiger partial charge is 0.128 e. The fraction of sp³-hybridized carbons (Fsp3) is 0.167. The van der Waals surface area contributed by atoms with Crippen LogP contribution < -0.4 is 32.9 Å². The van der Waals surface area contributed by atoms with Gasteiger partial charge in [0.05, 0.1) is 6.66 Å². The highest BCUT2D eigenvalue weighted by molar-refractivity contribution is 7.95. The van der Waals surface area contributed by atoms with Gasteiger partial charge in [0.2, 0.25) is 0 Å². The maximum atomic E-state index is 5.12. The predicted octanol–water partition coefficient (Wildman–Crippen LogP) is 2.11. The van der Waals surface area contributed by atoms with Crippen LogP contribution in [-0.2, 0) is 0 Å². The Balaban J connectivity index is 0.000000456. The third-order valence-corrected chi connectivity index (χ3v) is 9.11. The molecule has 0 atom stereocenters. The van der Waals surface area contributed by atoms with Gasteiger partial charge in [-0.15, -0.1) is 12.0 Å². The van der Waals surface area contributed by atoms with Gasteiger partial charge >= 0.3 is 0 Å². The molecule has 0 aliphatic heterocycles. The Bertz CT molecular complexity index is 738. The Morgan fingerprint density at radius 2 is 0.852 bits per heavy atom. The second-order valence-electron chi connectivity index (χ2n) is 7.41. The van der Waals surface area contributed by atoms with Crippen molar-refractivity contribution in [1.82, 2.24) is 0 Å². The monoisotopic (exact) mass is 454 g/mol. The molecule has 0 spiro atoms. The highest BCUT2D eigenvalue weighted by atomic mass is 79.9. The molecule has 0 N–H and O–H groups in total. The predicted molar refractivity (Wildman–Crippen MR) is 123 cm³/mol. The van der Waals surface area contributed by atoms with E-state index in [-0.39, 0.29) is 17.0 Å². The lowest BCUT2D eigenvalue weighted by atomic mass is 10.4. The van der Waals surface area contributed by atoms with Gasteiger partial charge in [-0.05, 0) is 36.4 Å². The van der Waals surface area contributed by atoms with Crippen molar-refractivity contribution in [3.8, 4) is 12.0 Å². The number of hydrogen-bond donors (Lipinski definition) is 0. The molecule has 140 valence electrons. The van der Waals surface area contributed by atoms with Crippen LogP contribution in [0, 0.1) is 12.0 Å². The first-order valence-corrected chi connectivity index (χ1v) is 14.6. The van der Waals surface area contributed by atoms with Gasteiger partial charge in [-0.1, -0.05) is 74.2 Å². The van der Waals surface area contributed by atoms with Crippen LogP contribution in [-0.4, -0.2) is 14.7 Å². The van der Waals surface area contributed by atoms with Crippen molar-refractivity contribution in [1.29, 1.82) is 0 Å². The van der Waals surface area contributed by atoms with Crippen molar-refractivity contribution in [3.05, 3.63) is 91.0 Å². The molecular weight excluding hydrogens is 427 g/mol. The van der Waals surface area contributed by atoms with Gasteiger partial charge in [0, 0.05) is 0 Å². The summed E-state index contributed by atoms with van der Waals surface area (Å²) in [5, 5.41) is 4.28. The van der Waals surface area contributed by atoms with Crippen LogP contribution in [0.1, 0.15) is 0 Å². The molecule has 0 bridgehead atoms. The Kier molecular flexibility index (Phi) is 9.20. The highest BCUT2D eigenvalue weighted by Crippen LogP contribution is 2.51. The lowest BCUT2D eigenvalue weighted by Crippen LogP contribution is -3.00. The third-order valence-electron chi connectivity index (χ3n) is 4.25. The Morgan fingerprint density at radius 3 is 1.04 bits per heavy atom. The number of terminal acetylenes is 1. The molecule has 0 aromatic heterocycles. The molecule has 0 fully saturated rings. The first kappa shape index (κ1) is 23.4. The largest absolute Gasteiger partial charge is 1.00 e. The van der Waals surface area contributed by atoms with Crippen LogP contribution in [0.15, 0.2) is 91.0 Å². The maximum Gasteiger partial charge on any atom is 0.128 e. The molecule has 3 aromatic rings. The maximum absolute atomic E-state index is 5.12. The van der Waals surface area contributed by atoms with Crippen molar-refractivity contribution < 1.29 is 17.0 Å². The van der Waals surface area contributed by atoms with Crippen molar-refractivity contribution in [3.63, 3.8) is 0 Å². The van der Waals surface area contributed by atoms with Crippen LogP contribution in [0.4, 0.5) is 0 Å². The van der Waals surface area contributed by atoms with E-state index in [4.69, 9.17) is 6.42 Å². The summed E-state index contributed by atoms with van der Waals surface area (Å²) in [5.41, 5.74) is 2.74. The molecule has 0 heterocycles. The average molecular weight is 455 g/mol. The molecule has 0 nitrogen and oxygen atoms in total. The minimum atomic E-state index is -1.53. The van der Waals surface area contributed by atoms with Crippen LogP contribution in [0.5, 0.6) is 0 Å². The van der Waals surface area contributed by atoms with Crippen LogP contribution in [0.3, 0.4) is 0 Å². The quantitative estimate of drug-likeness (QED) is 0.323. The summed E-state index contributed by atoms with van der Waals surface area (Å²) in [4.78, 5) is 0. The van der Waals surface area contributed by atoms with E-state index in [1.807, 2.05) is 0 Å². The SMILES string of the molecule is C#C[Si](C)(C)C.C[P+](c1ccccc1)(c1ccccc1)c1ccccc1.[Br-]. The van der Waals surface area contributed by atoms with Gasteiger partial charge in [0.15, 0.2) is 0 Å². The molecule has 0 saturated heterocycles. The summed E-state index contributed by atoms with van der Waals surface area (Å²) in [6, 6.07) is 32.6. The molecule has 3 rings (SSSR count). The van der Waals surface area contributed by atoms with Gasteiger partial charge in [0.25, 0.3) is 0 Å². The third kappa shape index (κ3) is 6.47. The lowest BCUT2D eigenvalue weighted by molar-refractivity contribution is -0.00000547. The number of hydrogen-bond acceptors (Lipinski definition) is 0. The van der Waals surface area contributed by atoms with Crippen LogP contribution in [0.25, 0.3) is 0 Å². The van der Waals surface area contributed by atoms with E-state index in [9.17, 15) is 0 Å². The Labute approximate surface area is 177 Å². The number of rotatable bonds is 3. The molecular formula is C24H28BrPSi. The number of halogens is 1. The molecule has 0 radical (unpaired) electrons. The van der Waals surface area contributed by atoms with Crippen molar-refractivity contribution in [2.45, 2.75) is 19.6 Å². The number of benzene rings is 3. The first-order valence-electron chi connectivity index (χ1n) is 8.89. The Hall–Kier alpha value is -1.65. The second-order valence-corrected chi connectivity index (χ2v) is 15.8. The molecule has 3 heteroatoms. The first-order chi connectivity index (χ1) is 12.4. The standard InChI is InChI=1S/C19H18P.C5H10Si.BrH/c1-20(17-11-5-2-6-12-17,18-13-7-3-8-14-18)19-15-9-4-10-16-19;1-5-6(2,3)4;/h2-16H,1H3;1H,2-4H3;1H/q+1;;/p-1. The highest BCUT2D eigenvalue weighted by Gasteiger charge is 2.39. The van der Waals surface area contributed by atoms with E-state index in [1.54, 1.807) is 0 Å². The molecule has 0 saturated carbocycles. The van der Waals surface area contributed by atoms with Gasteiger partial charge in [-0.3, -0.25) is 0 Å². The van der Waals surface area contributed by atoms with E-state index in [0.29, 0.717) is 0 Å². The zero-order valence-electron chi connectivity index (χ0n) is 16.6. The van der Waals surface area contributed by atoms with E-state index in [1.165, 1.54) is 15.9 Å². The van der Waals surface area contributed by atoms with Gasteiger partial charge in [-0.25, -0.2) is 0 Å². The second kappa shape index (κ2) is 10.6. The summed E-state index contributed by atoms with van der Waals surface area (Å²) in [6.45, 7) is 8.85. The summed E-state index contributed by atoms with van der Waals surface area (Å²) < 4.78 is 0. The van der Waals surface area contributed by atoms with E-state index in [0.717, 1.165) is 0 Å². The minimum absolute atomic E-state index is 0. The lowest BCUT2D eigenvalue weighted by Gasteiger charge is -2.22.